The van der Waals surface area contributed by atoms with Crippen molar-refractivity contribution in [2.24, 2.45) is 17.8 Å². The molecule has 0 aromatic heterocycles. The number of carbonyl (C=O) groups is 2. The third kappa shape index (κ3) is 3.27. The molecule has 2 saturated heterocycles. The normalized spacial score (nSPS) is 38.9. The van der Waals surface area contributed by atoms with Crippen LogP contribution in [0.5, 0.6) is 0 Å². The predicted octanol–water partition coefficient (Wildman–Crippen LogP) is 1.99. The maximum absolute atomic E-state index is 12.5. The van der Waals surface area contributed by atoms with Crippen LogP contribution in [0.25, 0.3) is 0 Å². The zero-order chi connectivity index (χ0) is 18.5. The summed E-state index contributed by atoms with van der Waals surface area (Å²) >= 11 is 0. The lowest BCUT2D eigenvalue weighted by Crippen LogP contribution is -2.56. The molecule has 6 rings (SSSR count). The molecule has 7 heteroatoms. The Morgan fingerprint density at radius 1 is 1.00 bits per heavy atom. The molecule has 0 amide bonds. The quantitative estimate of drug-likeness (QED) is 0.600. The molecule has 1 aromatic carbocycles. The second kappa shape index (κ2) is 6.64. The van der Waals surface area contributed by atoms with Gasteiger partial charge in [-0.15, -0.1) is 0 Å². The molecule has 1 aromatic rings. The summed E-state index contributed by atoms with van der Waals surface area (Å²) in [6.07, 6.45) is 3.45. The van der Waals surface area contributed by atoms with Crippen molar-refractivity contribution in [3.8, 4) is 0 Å². The molecule has 2 bridgehead atoms. The van der Waals surface area contributed by atoms with Crippen molar-refractivity contribution in [2.45, 2.75) is 44.3 Å². The fourth-order valence-electron chi connectivity index (χ4n) is 5.12. The van der Waals surface area contributed by atoms with Gasteiger partial charge in [0.1, 0.15) is 6.10 Å². The zero-order valence-electron chi connectivity index (χ0n) is 15.5. The molecule has 6 nitrogen and oxygen atoms in total. The summed E-state index contributed by atoms with van der Waals surface area (Å²) in [5.41, 5.74) is 0.994. The summed E-state index contributed by atoms with van der Waals surface area (Å²) in [7, 11) is -0.963. The van der Waals surface area contributed by atoms with E-state index in [2.05, 4.69) is 6.92 Å². The molecule has 2 aliphatic heterocycles. The molecule has 0 spiro atoms. The molecular formula is C20H24BNO5. The van der Waals surface area contributed by atoms with Gasteiger partial charge in [-0.25, -0.2) is 0 Å². The molecule has 0 N–H and O–H groups in total. The molecule has 3 saturated carbocycles. The Hall–Kier alpha value is -1.86. The van der Waals surface area contributed by atoms with Gasteiger partial charge in [-0.2, -0.15) is 0 Å². The highest BCUT2D eigenvalue weighted by molar-refractivity contribution is 6.51. The molecule has 5 fully saturated rings. The van der Waals surface area contributed by atoms with Crippen molar-refractivity contribution in [1.29, 1.82) is 0 Å². The summed E-state index contributed by atoms with van der Waals surface area (Å²) in [5, 5.41) is 0. The second-order valence-electron chi connectivity index (χ2n) is 8.44. The van der Waals surface area contributed by atoms with E-state index in [0.29, 0.717) is 5.92 Å². The highest BCUT2D eigenvalue weighted by atomic mass is 16.7. The van der Waals surface area contributed by atoms with Gasteiger partial charge >= 0.3 is 19.1 Å². The lowest BCUT2D eigenvalue weighted by Gasteiger charge is -2.53. The number of ether oxygens (including phenoxy) is 1. The Labute approximate surface area is 159 Å². The number of hydrogen-bond donors (Lipinski definition) is 0. The van der Waals surface area contributed by atoms with E-state index in [9.17, 15) is 9.59 Å². The minimum Gasteiger partial charge on any atom is -0.496 e. The standard InChI is InChI=1S/C20H24BNO5/c1-12-15-7-13(8-15)9-16(12)22-10-17(23)26-21(27-18(24)11-22)20-19(25-20)14-5-3-2-4-6-14/h2-6,12-13,15-16,19-20H,7-11H2,1H3/t12-,13?,15?,16-,19+,20-/m1/s1. The van der Waals surface area contributed by atoms with Crippen molar-refractivity contribution in [1.82, 2.24) is 4.90 Å². The first-order valence-electron chi connectivity index (χ1n) is 9.92. The number of hydrogen-bond acceptors (Lipinski definition) is 6. The maximum Gasteiger partial charge on any atom is 0.632 e. The van der Waals surface area contributed by atoms with Crippen molar-refractivity contribution in [2.75, 3.05) is 13.1 Å². The van der Waals surface area contributed by atoms with E-state index in [-0.39, 0.29) is 37.2 Å². The highest BCUT2D eigenvalue weighted by Gasteiger charge is 2.57. The third-order valence-electron chi connectivity index (χ3n) is 6.75. The van der Waals surface area contributed by atoms with Crippen LogP contribution in [0, 0.1) is 17.8 Å². The zero-order valence-corrected chi connectivity index (χ0v) is 15.5. The van der Waals surface area contributed by atoms with Crippen LogP contribution >= 0.6 is 0 Å². The number of carbonyl (C=O) groups excluding carboxylic acids is 2. The van der Waals surface area contributed by atoms with Gasteiger partial charge in [0.25, 0.3) is 0 Å². The lowest BCUT2D eigenvalue weighted by atomic mass is 9.58. The number of fused-ring (bicyclic) bond motifs is 2. The number of nitrogens with zero attached hydrogens (tertiary/aromatic N) is 1. The second-order valence-corrected chi connectivity index (χ2v) is 8.44. The minimum absolute atomic E-state index is 0.142. The summed E-state index contributed by atoms with van der Waals surface area (Å²) in [6.45, 7) is 2.52. The Morgan fingerprint density at radius 2 is 1.67 bits per heavy atom. The molecule has 4 atom stereocenters. The van der Waals surface area contributed by atoms with Crippen molar-refractivity contribution < 1.29 is 23.6 Å². The molecular weight excluding hydrogens is 345 g/mol. The van der Waals surface area contributed by atoms with E-state index < -0.39 is 13.1 Å². The highest BCUT2D eigenvalue weighted by Crippen LogP contribution is 2.50. The summed E-state index contributed by atoms with van der Waals surface area (Å²) in [5.74, 6) is 1.28. The van der Waals surface area contributed by atoms with Gasteiger partial charge in [0.05, 0.1) is 13.1 Å². The van der Waals surface area contributed by atoms with Gasteiger partial charge in [0.15, 0.2) is 6.00 Å². The van der Waals surface area contributed by atoms with Crippen LogP contribution < -0.4 is 0 Å². The van der Waals surface area contributed by atoms with Crippen molar-refractivity contribution in [3.63, 3.8) is 0 Å². The smallest absolute Gasteiger partial charge is 0.496 e. The minimum atomic E-state index is -0.963. The third-order valence-corrected chi connectivity index (χ3v) is 6.75. The van der Waals surface area contributed by atoms with E-state index in [1.54, 1.807) is 0 Å². The van der Waals surface area contributed by atoms with Gasteiger partial charge in [-0.3, -0.25) is 14.5 Å². The van der Waals surface area contributed by atoms with Crippen LogP contribution in [0.2, 0.25) is 0 Å². The molecule has 3 aliphatic carbocycles. The van der Waals surface area contributed by atoms with E-state index in [1.807, 2.05) is 35.2 Å². The van der Waals surface area contributed by atoms with E-state index in [1.165, 1.54) is 12.8 Å². The van der Waals surface area contributed by atoms with E-state index in [4.69, 9.17) is 14.0 Å². The molecule has 27 heavy (non-hydrogen) atoms. The first-order valence-corrected chi connectivity index (χ1v) is 9.92. The Morgan fingerprint density at radius 3 is 2.30 bits per heavy atom. The van der Waals surface area contributed by atoms with Gasteiger partial charge in [0.2, 0.25) is 0 Å². The van der Waals surface area contributed by atoms with E-state index >= 15 is 0 Å². The van der Waals surface area contributed by atoms with Crippen LogP contribution in [0.3, 0.4) is 0 Å². The predicted molar refractivity (Wildman–Crippen MR) is 97.4 cm³/mol. The largest absolute Gasteiger partial charge is 0.632 e. The van der Waals surface area contributed by atoms with Crippen LogP contribution in [-0.4, -0.2) is 49.1 Å². The fourth-order valence-corrected chi connectivity index (χ4v) is 5.12. The molecule has 0 radical (unpaired) electrons. The van der Waals surface area contributed by atoms with Crippen LogP contribution in [0.4, 0.5) is 0 Å². The van der Waals surface area contributed by atoms with Crippen LogP contribution in [0.15, 0.2) is 30.3 Å². The topological polar surface area (TPSA) is 68.4 Å². The summed E-state index contributed by atoms with van der Waals surface area (Å²) in [4.78, 5) is 26.9. The number of epoxide rings is 1. The number of benzene rings is 1. The first-order chi connectivity index (χ1) is 13.1. The Kier molecular flexibility index (Phi) is 4.24. The monoisotopic (exact) mass is 369 g/mol. The first kappa shape index (κ1) is 17.3. The lowest BCUT2D eigenvalue weighted by molar-refractivity contribution is -0.150. The van der Waals surface area contributed by atoms with Crippen molar-refractivity contribution >= 4 is 19.1 Å². The Balaban J connectivity index is 1.25. The van der Waals surface area contributed by atoms with Gasteiger partial charge < -0.3 is 14.0 Å². The fraction of sp³-hybridized carbons (Fsp3) is 0.600. The number of rotatable bonds is 3. The molecule has 2 heterocycles. The molecule has 5 aliphatic rings. The average molecular weight is 369 g/mol. The molecule has 0 unspecified atom stereocenters. The average Bonchev–Trinajstić information content (AvgIpc) is 3.40. The van der Waals surface area contributed by atoms with E-state index in [0.717, 1.165) is 23.8 Å². The van der Waals surface area contributed by atoms with Crippen LogP contribution in [-0.2, 0) is 23.6 Å². The van der Waals surface area contributed by atoms with Crippen LogP contribution in [0.1, 0.15) is 37.9 Å². The van der Waals surface area contributed by atoms with Crippen molar-refractivity contribution in [3.05, 3.63) is 35.9 Å². The van der Waals surface area contributed by atoms with Gasteiger partial charge in [0, 0.05) is 6.04 Å². The summed E-state index contributed by atoms with van der Waals surface area (Å²) < 4.78 is 16.6. The maximum atomic E-state index is 12.5. The summed E-state index contributed by atoms with van der Waals surface area (Å²) in [6, 6.07) is 9.53. The van der Waals surface area contributed by atoms with Gasteiger partial charge in [-0.05, 0) is 42.6 Å². The van der Waals surface area contributed by atoms with Gasteiger partial charge in [-0.1, -0.05) is 37.3 Å². The SMILES string of the molecule is C[C@@H]1C2CC(C2)C[C@H]1N1CC(=O)OB([C@@H]2O[C@H]2c2ccccc2)OC(=O)C1. The Bertz CT molecular complexity index is 717. The molecule has 142 valence electrons.